The number of halogens is 1. The predicted octanol–water partition coefficient (Wildman–Crippen LogP) is 4.52. The van der Waals surface area contributed by atoms with E-state index in [1.165, 1.54) is 41.2 Å². The molecule has 2 heteroatoms. The summed E-state index contributed by atoms with van der Waals surface area (Å²) in [5.41, 5.74) is 1.42. The molecule has 1 aromatic rings. The Kier molecular flexibility index (Phi) is 7.05. The summed E-state index contributed by atoms with van der Waals surface area (Å²) in [7, 11) is 2.06. The minimum atomic E-state index is 0.522. The van der Waals surface area contributed by atoms with Gasteiger partial charge in [0.25, 0.3) is 0 Å². The van der Waals surface area contributed by atoms with Crippen molar-refractivity contribution in [1.82, 2.24) is 5.32 Å². The van der Waals surface area contributed by atoms with Crippen LogP contribution >= 0.6 is 22.6 Å². The predicted molar refractivity (Wildman–Crippen MR) is 79.7 cm³/mol. The van der Waals surface area contributed by atoms with Gasteiger partial charge in [-0.15, -0.1) is 0 Å². The van der Waals surface area contributed by atoms with E-state index >= 15 is 0 Å². The smallest absolute Gasteiger partial charge is 0.0317 e. The molecule has 90 valence electrons. The first-order valence-corrected chi connectivity index (χ1v) is 7.28. The molecule has 0 radical (unpaired) electrons. The first kappa shape index (κ1) is 14.0. The van der Waals surface area contributed by atoms with Crippen molar-refractivity contribution in [3.05, 3.63) is 33.4 Å². The van der Waals surface area contributed by atoms with E-state index in [1.54, 1.807) is 0 Å². The van der Waals surface area contributed by atoms with E-state index < -0.39 is 0 Å². The molecule has 0 saturated carbocycles. The Morgan fingerprint density at radius 1 is 1.12 bits per heavy atom. The first-order valence-electron chi connectivity index (χ1n) is 6.20. The fraction of sp³-hybridized carbons (Fsp3) is 0.571. The molecule has 1 nitrogen and oxygen atoms in total. The summed E-state index contributed by atoms with van der Waals surface area (Å²) in [4.78, 5) is 0. The van der Waals surface area contributed by atoms with Crippen molar-refractivity contribution in [2.75, 3.05) is 7.05 Å². The van der Waals surface area contributed by atoms with E-state index in [1.807, 2.05) is 0 Å². The second-order valence-corrected chi connectivity index (χ2v) is 5.49. The van der Waals surface area contributed by atoms with Gasteiger partial charge in [-0.1, -0.05) is 44.7 Å². The SMILES string of the molecule is CCCCCCC(NC)c1ccc(I)cc1. The molecule has 1 aromatic carbocycles. The van der Waals surface area contributed by atoms with Gasteiger partial charge < -0.3 is 5.32 Å². The van der Waals surface area contributed by atoms with Crippen LogP contribution in [0.1, 0.15) is 50.6 Å². The molecule has 0 aliphatic carbocycles. The average molecular weight is 331 g/mol. The van der Waals surface area contributed by atoms with Gasteiger partial charge in [0.1, 0.15) is 0 Å². The van der Waals surface area contributed by atoms with Crippen molar-refractivity contribution in [3.8, 4) is 0 Å². The third-order valence-corrected chi connectivity index (χ3v) is 3.69. The summed E-state index contributed by atoms with van der Waals surface area (Å²) in [6, 6.07) is 9.37. The molecule has 1 rings (SSSR count). The van der Waals surface area contributed by atoms with Gasteiger partial charge in [0.05, 0.1) is 0 Å². The Hall–Kier alpha value is -0.0900. The second-order valence-electron chi connectivity index (χ2n) is 4.24. The molecule has 0 aliphatic rings. The van der Waals surface area contributed by atoms with E-state index in [0.717, 1.165) is 0 Å². The Balaban J connectivity index is 2.44. The standard InChI is InChI=1S/C14H22IN/c1-3-4-5-6-7-14(16-2)12-8-10-13(15)11-9-12/h8-11,14,16H,3-7H2,1-2H3. The fourth-order valence-corrected chi connectivity index (χ4v) is 2.31. The summed E-state index contributed by atoms with van der Waals surface area (Å²) < 4.78 is 1.31. The third kappa shape index (κ3) is 4.83. The van der Waals surface area contributed by atoms with Gasteiger partial charge in [0.15, 0.2) is 0 Å². The number of nitrogens with one attached hydrogen (secondary N) is 1. The highest BCUT2D eigenvalue weighted by molar-refractivity contribution is 14.1. The minimum Gasteiger partial charge on any atom is -0.313 e. The van der Waals surface area contributed by atoms with Crippen LogP contribution in [-0.2, 0) is 0 Å². The molecular formula is C14H22IN. The molecule has 0 saturated heterocycles. The van der Waals surface area contributed by atoms with Gasteiger partial charge in [-0.05, 0) is 53.8 Å². The minimum absolute atomic E-state index is 0.522. The lowest BCUT2D eigenvalue weighted by atomic mass is 10.0. The van der Waals surface area contributed by atoms with E-state index in [0.29, 0.717) is 6.04 Å². The Morgan fingerprint density at radius 3 is 2.38 bits per heavy atom. The molecule has 1 atom stereocenters. The average Bonchev–Trinajstić information content (AvgIpc) is 2.31. The molecule has 0 heterocycles. The lowest BCUT2D eigenvalue weighted by Gasteiger charge is -2.16. The van der Waals surface area contributed by atoms with Gasteiger partial charge in [0, 0.05) is 9.61 Å². The maximum atomic E-state index is 3.41. The van der Waals surface area contributed by atoms with Gasteiger partial charge in [0.2, 0.25) is 0 Å². The number of unbranched alkanes of at least 4 members (excludes halogenated alkanes) is 3. The van der Waals surface area contributed by atoms with Crippen molar-refractivity contribution in [2.45, 2.75) is 45.1 Å². The van der Waals surface area contributed by atoms with Crippen LogP contribution in [-0.4, -0.2) is 7.05 Å². The largest absolute Gasteiger partial charge is 0.313 e. The van der Waals surface area contributed by atoms with Crippen molar-refractivity contribution in [2.24, 2.45) is 0 Å². The lowest BCUT2D eigenvalue weighted by Crippen LogP contribution is -2.16. The van der Waals surface area contributed by atoms with E-state index in [9.17, 15) is 0 Å². The molecule has 1 unspecified atom stereocenters. The van der Waals surface area contributed by atoms with E-state index in [2.05, 4.69) is 66.1 Å². The van der Waals surface area contributed by atoms with Crippen molar-refractivity contribution in [3.63, 3.8) is 0 Å². The molecule has 0 bridgehead atoms. The molecule has 0 amide bonds. The third-order valence-electron chi connectivity index (χ3n) is 2.97. The Bertz CT molecular complexity index is 281. The second kappa shape index (κ2) is 8.07. The van der Waals surface area contributed by atoms with Crippen LogP contribution in [0.3, 0.4) is 0 Å². The van der Waals surface area contributed by atoms with Crippen molar-refractivity contribution >= 4 is 22.6 Å². The maximum absolute atomic E-state index is 3.41. The topological polar surface area (TPSA) is 12.0 Å². The van der Waals surface area contributed by atoms with Crippen LogP contribution < -0.4 is 5.32 Å². The quantitative estimate of drug-likeness (QED) is 0.572. The van der Waals surface area contributed by atoms with Crippen LogP contribution in [0, 0.1) is 3.57 Å². The summed E-state index contributed by atoms with van der Waals surface area (Å²) in [6.45, 7) is 2.26. The molecule has 0 fully saturated rings. The molecule has 16 heavy (non-hydrogen) atoms. The number of rotatable bonds is 7. The van der Waals surface area contributed by atoms with Crippen LogP contribution in [0.15, 0.2) is 24.3 Å². The number of benzene rings is 1. The van der Waals surface area contributed by atoms with Crippen LogP contribution in [0.5, 0.6) is 0 Å². The monoisotopic (exact) mass is 331 g/mol. The zero-order valence-electron chi connectivity index (χ0n) is 10.3. The number of hydrogen-bond acceptors (Lipinski definition) is 1. The molecule has 0 aliphatic heterocycles. The van der Waals surface area contributed by atoms with Gasteiger partial charge in [-0.25, -0.2) is 0 Å². The molecular weight excluding hydrogens is 309 g/mol. The highest BCUT2D eigenvalue weighted by Gasteiger charge is 2.07. The lowest BCUT2D eigenvalue weighted by molar-refractivity contribution is 0.505. The van der Waals surface area contributed by atoms with Gasteiger partial charge in [-0.2, -0.15) is 0 Å². The summed E-state index contributed by atoms with van der Waals surface area (Å²) >= 11 is 2.35. The highest BCUT2D eigenvalue weighted by atomic mass is 127. The zero-order valence-corrected chi connectivity index (χ0v) is 12.5. The number of hydrogen-bond donors (Lipinski definition) is 1. The summed E-state index contributed by atoms with van der Waals surface area (Å²) in [5, 5.41) is 3.41. The van der Waals surface area contributed by atoms with Crippen LogP contribution in [0.2, 0.25) is 0 Å². The van der Waals surface area contributed by atoms with Gasteiger partial charge in [-0.3, -0.25) is 0 Å². The van der Waals surface area contributed by atoms with Gasteiger partial charge >= 0.3 is 0 Å². The molecule has 1 N–H and O–H groups in total. The first-order chi connectivity index (χ1) is 7.77. The molecule has 0 aromatic heterocycles. The highest BCUT2D eigenvalue weighted by Crippen LogP contribution is 2.20. The Labute approximate surface area is 113 Å². The zero-order chi connectivity index (χ0) is 11.8. The van der Waals surface area contributed by atoms with Crippen molar-refractivity contribution < 1.29 is 0 Å². The maximum Gasteiger partial charge on any atom is 0.0317 e. The summed E-state index contributed by atoms with van der Waals surface area (Å²) in [5.74, 6) is 0. The van der Waals surface area contributed by atoms with Crippen molar-refractivity contribution in [1.29, 1.82) is 0 Å². The van der Waals surface area contributed by atoms with E-state index in [-0.39, 0.29) is 0 Å². The fourth-order valence-electron chi connectivity index (χ4n) is 1.95. The Morgan fingerprint density at radius 2 is 1.81 bits per heavy atom. The van der Waals surface area contributed by atoms with Crippen LogP contribution in [0.4, 0.5) is 0 Å². The summed E-state index contributed by atoms with van der Waals surface area (Å²) in [6.07, 6.45) is 6.61. The molecule has 0 spiro atoms. The van der Waals surface area contributed by atoms with Crippen LogP contribution in [0.25, 0.3) is 0 Å². The van der Waals surface area contributed by atoms with E-state index in [4.69, 9.17) is 0 Å². The normalized spacial score (nSPS) is 12.7.